The molecule has 0 heterocycles. The lowest BCUT2D eigenvalue weighted by Gasteiger charge is -2.13. The van der Waals surface area contributed by atoms with E-state index in [4.69, 9.17) is 9.79 Å². The molecule has 2 N–H and O–H groups in total. The molecule has 0 amide bonds. The highest BCUT2D eigenvalue weighted by molar-refractivity contribution is 7.46. The van der Waals surface area contributed by atoms with Crippen molar-refractivity contribution in [3.63, 3.8) is 0 Å². The summed E-state index contributed by atoms with van der Waals surface area (Å²) < 4.78 is 22.5. The fraction of sp³-hybridized carbons (Fsp3) is 0.909. The molecule has 0 unspecified atom stereocenters. The van der Waals surface area contributed by atoms with Crippen molar-refractivity contribution >= 4 is 14.0 Å². The second-order valence-electron chi connectivity index (χ2n) is 3.92. The summed E-state index contributed by atoms with van der Waals surface area (Å²) in [6.07, 6.45) is -1.40. The Morgan fingerprint density at radius 3 is 1.85 bits per heavy atom. The normalized spacial score (nSPS) is 11.1. The Morgan fingerprint density at radius 1 is 1.15 bits per heavy atom. The molecule has 0 aromatic heterocycles. The average Bonchev–Trinajstić information content (AvgIpc) is 2.29. The summed E-state index contributed by atoms with van der Waals surface area (Å²) in [5.74, 6) is 0. The second kappa shape index (κ2) is 12.1. The van der Waals surface area contributed by atoms with Gasteiger partial charge in [0.05, 0.1) is 6.10 Å². The molecule has 0 rings (SSSR count). The van der Waals surface area contributed by atoms with Gasteiger partial charge in [0.15, 0.2) is 0 Å². The van der Waals surface area contributed by atoms with Crippen molar-refractivity contribution in [1.29, 1.82) is 0 Å². The summed E-state index contributed by atoms with van der Waals surface area (Å²) in [6.45, 7) is 12.5. The second-order valence-corrected chi connectivity index (χ2v) is 5.16. The van der Waals surface area contributed by atoms with E-state index >= 15 is 0 Å². The van der Waals surface area contributed by atoms with E-state index in [0.29, 0.717) is 0 Å². The minimum absolute atomic E-state index is 0.359. The Balaban J connectivity index is 0. The molecule has 0 aliphatic rings. The van der Waals surface area contributed by atoms with Gasteiger partial charge in [0, 0.05) is 0 Å². The van der Waals surface area contributed by atoms with Crippen LogP contribution in [0.15, 0.2) is 0 Å². The highest BCUT2D eigenvalue weighted by atomic mass is 31.2. The predicted molar refractivity (Wildman–Crippen MR) is 74.2 cm³/mol. The lowest BCUT2D eigenvalue weighted by molar-refractivity contribution is -0.0163. The molecule has 20 heavy (non-hydrogen) atoms. The number of hydrogen-bond acceptors (Lipinski definition) is 6. The third-order valence-corrected chi connectivity index (χ3v) is 2.51. The quantitative estimate of drug-likeness (QED) is 0.417. The molecule has 122 valence electrons. The molecule has 0 aliphatic heterocycles. The van der Waals surface area contributed by atoms with Crippen LogP contribution in [-0.4, -0.2) is 53.4 Å². The molecule has 0 atom stereocenters. The Labute approximate surface area is 120 Å². The standard InChI is InChI=1S/C6H15N.C5H11O7P/c1-4-7(5-2)6-3;1-4(2)12-5(6)10-3-11-13(7,8)9/h4-6H2,1-3H3;4H,3H2,1-2H3,(H2,7,8,9). The third-order valence-electron chi connectivity index (χ3n) is 2.07. The van der Waals surface area contributed by atoms with Crippen molar-refractivity contribution in [2.45, 2.75) is 40.7 Å². The van der Waals surface area contributed by atoms with E-state index < -0.39 is 20.8 Å². The molecule has 0 fully saturated rings. The summed E-state index contributed by atoms with van der Waals surface area (Å²) in [4.78, 5) is 29.3. The van der Waals surface area contributed by atoms with E-state index in [9.17, 15) is 9.36 Å². The highest BCUT2D eigenvalue weighted by Gasteiger charge is 2.15. The number of rotatable bonds is 7. The molecule has 0 spiro atoms. The maximum Gasteiger partial charge on any atom is 0.510 e. The Hall–Kier alpha value is -0.660. The molecule has 0 aliphatic carbocycles. The van der Waals surface area contributed by atoms with Crippen LogP contribution in [0.2, 0.25) is 0 Å². The van der Waals surface area contributed by atoms with E-state index in [1.165, 1.54) is 19.6 Å². The molecule has 0 radical (unpaired) electrons. The number of hydrogen-bond donors (Lipinski definition) is 2. The first-order valence-electron chi connectivity index (χ1n) is 6.42. The highest BCUT2D eigenvalue weighted by Crippen LogP contribution is 2.35. The lowest BCUT2D eigenvalue weighted by atomic mass is 10.5. The molecule has 0 saturated carbocycles. The minimum Gasteiger partial charge on any atom is -0.432 e. The van der Waals surface area contributed by atoms with Gasteiger partial charge in [0.2, 0.25) is 6.79 Å². The summed E-state index contributed by atoms with van der Waals surface area (Å²) >= 11 is 0. The number of carbonyl (C=O) groups excluding carboxylic acids is 1. The van der Waals surface area contributed by atoms with Gasteiger partial charge in [-0.25, -0.2) is 13.9 Å². The van der Waals surface area contributed by atoms with E-state index in [-0.39, 0.29) is 6.10 Å². The van der Waals surface area contributed by atoms with E-state index in [2.05, 4.69) is 39.7 Å². The van der Waals surface area contributed by atoms with Crippen LogP contribution in [0.25, 0.3) is 0 Å². The topological polar surface area (TPSA) is 106 Å². The average molecular weight is 315 g/mol. The minimum atomic E-state index is -4.59. The largest absolute Gasteiger partial charge is 0.510 e. The molecule has 0 aromatic carbocycles. The fourth-order valence-electron chi connectivity index (χ4n) is 1.04. The van der Waals surface area contributed by atoms with Gasteiger partial charge in [-0.05, 0) is 33.5 Å². The molecule has 0 bridgehead atoms. The van der Waals surface area contributed by atoms with E-state index in [0.717, 1.165) is 0 Å². The number of ether oxygens (including phenoxy) is 2. The zero-order valence-electron chi connectivity index (χ0n) is 12.7. The van der Waals surface area contributed by atoms with Crippen LogP contribution in [0.1, 0.15) is 34.6 Å². The molecular weight excluding hydrogens is 289 g/mol. The maximum absolute atomic E-state index is 10.6. The van der Waals surface area contributed by atoms with Gasteiger partial charge >= 0.3 is 14.0 Å². The Bertz CT molecular complexity index is 283. The van der Waals surface area contributed by atoms with Gasteiger partial charge in [-0.1, -0.05) is 20.8 Å². The van der Waals surface area contributed by atoms with Gasteiger partial charge in [-0.2, -0.15) is 0 Å². The lowest BCUT2D eigenvalue weighted by Crippen LogP contribution is -2.21. The first kappa shape index (κ1) is 21.6. The number of nitrogens with zero attached hydrogens (tertiary/aromatic N) is 1. The predicted octanol–water partition coefficient (Wildman–Crippen LogP) is 1.96. The smallest absolute Gasteiger partial charge is 0.432 e. The maximum atomic E-state index is 10.6. The first-order chi connectivity index (χ1) is 9.16. The zero-order valence-corrected chi connectivity index (χ0v) is 13.6. The number of phosphoric ester groups is 1. The van der Waals surface area contributed by atoms with Crippen LogP contribution in [0.4, 0.5) is 4.79 Å². The van der Waals surface area contributed by atoms with E-state index in [1.807, 2.05) is 0 Å². The monoisotopic (exact) mass is 315 g/mol. The first-order valence-corrected chi connectivity index (χ1v) is 7.95. The summed E-state index contributed by atoms with van der Waals surface area (Å²) in [6, 6.07) is 0. The van der Waals surface area contributed by atoms with Crippen LogP contribution in [0, 0.1) is 0 Å². The van der Waals surface area contributed by atoms with Gasteiger partial charge in [-0.15, -0.1) is 0 Å². The molecule has 0 aromatic rings. The van der Waals surface area contributed by atoms with E-state index in [1.54, 1.807) is 13.8 Å². The van der Waals surface area contributed by atoms with Crippen LogP contribution in [0.5, 0.6) is 0 Å². The molecule has 0 saturated heterocycles. The van der Waals surface area contributed by atoms with Crippen molar-refractivity contribution in [1.82, 2.24) is 4.90 Å². The summed E-state index contributed by atoms with van der Waals surface area (Å²) in [5, 5.41) is 0. The van der Waals surface area contributed by atoms with Crippen molar-refractivity contribution in [2.24, 2.45) is 0 Å². The zero-order chi connectivity index (χ0) is 16.2. The SMILES string of the molecule is CC(C)OC(=O)OCOP(=O)(O)O.CCN(CC)CC. The van der Waals surface area contributed by atoms with Gasteiger partial charge in [-0.3, -0.25) is 0 Å². The van der Waals surface area contributed by atoms with Crippen LogP contribution in [-0.2, 0) is 18.6 Å². The third kappa shape index (κ3) is 17.3. The van der Waals surface area contributed by atoms with Crippen LogP contribution in [0.3, 0.4) is 0 Å². The summed E-state index contributed by atoms with van der Waals surface area (Å²) in [5.41, 5.74) is 0. The van der Waals surface area contributed by atoms with Crippen molar-refractivity contribution < 1.29 is 33.1 Å². The molecular formula is C11H26NO7P. The van der Waals surface area contributed by atoms with Gasteiger partial charge in [0.25, 0.3) is 0 Å². The number of carbonyl (C=O) groups is 1. The molecule has 8 nitrogen and oxygen atoms in total. The number of phosphoric acid groups is 1. The van der Waals surface area contributed by atoms with Crippen molar-refractivity contribution in [2.75, 3.05) is 26.4 Å². The Morgan fingerprint density at radius 2 is 1.60 bits per heavy atom. The van der Waals surface area contributed by atoms with Crippen LogP contribution >= 0.6 is 7.82 Å². The fourth-order valence-corrected chi connectivity index (χ4v) is 1.23. The summed E-state index contributed by atoms with van der Waals surface area (Å²) in [7, 11) is -4.59. The van der Waals surface area contributed by atoms with Gasteiger partial charge < -0.3 is 24.2 Å². The Kier molecular flexibility index (Phi) is 13.1. The van der Waals surface area contributed by atoms with Crippen molar-refractivity contribution in [3.8, 4) is 0 Å². The van der Waals surface area contributed by atoms with Crippen molar-refractivity contribution in [3.05, 3.63) is 0 Å². The van der Waals surface area contributed by atoms with Gasteiger partial charge in [0.1, 0.15) is 0 Å². The van der Waals surface area contributed by atoms with Crippen LogP contribution < -0.4 is 0 Å². The molecule has 9 heteroatoms.